The average Bonchev–Trinajstić information content (AvgIpc) is 3.18. The second-order valence-electron chi connectivity index (χ2n) is 6.69. The van der Waals surface area contributed by atoms with Gasteiger partial charge in [0.15, 0.2) is 0 Å². The molecule has 28 heavy (non-hydrogen) atoms. The van der Waals surface area contributed by atoms with Crippen LogP contribution in [0.25, 0.3) is 0 Å². The van der Waals surface area contributed by atoms with Crippen molar-refractivity contribution in [3.63, 3.8) is 0 Å². The van der Waals surface area contributed by atoms with Crippen LogP contribution >= 0.6 is 0 Å². The zero-order valence-corrected chi connectivity index (χ0v) is 15.9. The number of carbonyl (C=O) groups excluding carboxylic acids is 1. The second-order valence-corrected chi connectivity index (χ2v) is 6.69. The minimum Gasteiger partial charge on any atom is -0.497 e. The number of hydrogen-bond acceptors (Lipinski definition) is 4. The van der Waals surface area contributed by atoms with Gasteiger partial charge in [-0.25, -0.2) is 0 Å². The van der Waals surface area contributed by atoms with Crippen molar-refractivity contribution in [1.29, 1.82) is 0 Å². The number of hydrogen-bond donors (Lipinski definition) is 1. The fourth-order valence-corrected chi connectivity index (χ4v) is 3.44. The van der Waals surface area contributed by atoms with Crippen molar-refractivity contribution in [3.05, 3.63) is 83.4 Å². The number of benzene rings is 3. The van der Waals surface area contributed by atoms with E-state index < -0.39 is 0 Å². The summed E-state index contributed by atoms with van der Waals surface area (Å²) in [5.74, 6) is 1.05. The number of rotatable bonds is 5. The van der Waals surface area contributed by atoms with E-state index >= 15 is 0 Å². The van der Waals surface area contributed by atoms with E-state index in [0.717, 1.165) is 18.8 Å². The lowest BCUT2D eigenvalue weighted by atomic mass is 10.1. The molecule has 0 aliphatic carbocycles. The first-order valence-corrected chi connectivity index (χ1v) is 9.13. The molecule has 3 aromatic carbocycles. The molecule has 1 heterocycles. The topological polar surface area (TPSA) is 50.8 Å². The Labute approximate surface area is 164 Å². The van der Waals surface area contributed by atoms with Gasteiger partial charge in [0.2, 0.25) is 0 Å². The Morgan fingerprint density at radius 1 is 0.893 bits per heavy atom. The molecule has 0 saturated heterocycles. The number of methoxy groups -OCH3 is 2. The highest BCUT2D eigenvalue weighted by Gasteiger charge is 2.19. The van der Waals surface area contributed by atoms with Crippen molar-refractivity contribution >= 4 is 17.3 Å². The normalized spacial score (nSPS) is 12.4. The van der Waals surface area contributed by atoms with Crippen molar-refractivity contribution in [3.8, 4) is 11.5 Å². The quantitative estimate of drug-likeness (QED) is 0.716. The Bertz CT molecular complexity index is 974. The molecule has 5 heteroatoms. The average molecular weight is 374 g/mol. The fourth-order valence-electron chi connectivity index (χ4n) is 3.44. The molecule has 0 aromatic heterocycles. The maximum Gasteiger partial charge on any atom is 0.255 e. The lowest BCUT2D eigenvalue weighted by Gasteiger charge is -2.18. The van der Waals surface area contributed by atoms with Gasteiger partial charge in [-0.3, -0.25) is 4.79 Å². The monoisotopic (exact) mass is 374 g/mol. The van der Waals surface area contributed by atoms with Gasteiger partial charge in [0.1, 0.15) is 11.5 Å². The number of ether oxygens (including phenoxy) is 2. The summed E-state index contributed by atoms with van der Waals surface area (Å²) >= 11 is 0. The third-order valence-corrected chi connectivity index (χ3v) is 4.99. The maximum atomic E-state index is 12.6. The van der Waals surface area contributed by atoms with Crippen LogP contribution in [0.4, 0.5) is 11.4 Å². The highest BCUT2D eigenvalue weighted by molar-refractivity contribution is 6.05. The highest BCUT2D eigenvalue weighted by atomic mass is 16.5. The van der Waals surface area contributed by atoms with Gasteiger partial charge in [-0.2, -0.15) is 0 Å². The third-order valence-electron chi connectivity index (χ3n) is 4.99. The van der Waals surface area contributed by atoms with Gasteiger partial charge in [0.25, 0.3) is 5.91 Å². The predicted octanol–water partition coefficient (Wildman–Crippen LogP) is 4.48. The molecule has 142 valence electrons. The summed E-state index contributed by atoms with van der Waals surface area (Å²) in [6.07, 6.45) is 0. The smallest absolute Gasteiger partial charge is 0.255 e. The van der Waals surface area contributed by atoms with Gasteiger partial charge >= 0.3 is 0 Å². The molecule has 0 spiro atoms. The first kappa shape index (κ1) is 17.9. The number of amides is 1. The number of fused-ring (bicyclic) bond motifs is 1. The molecule has 3 aromatic rings. The van der Waals surface area contributed by atoms with Crippen molar-refractivity contribution in [2.45, 2.75) is 13.1 Å². The SMILES string of the molecule is COc1ccc(NC(=O)c2ccc(N3Cc4ccccc4C3)cc2)c(OC)c1. The van der Waals surface area contributed by atoms with Crippen LogP contribution in [0.1, 0.15) is 21.5 Å². The van der Waals surface area contributed by atoms with Gasteiger partial charge in [0.05, 0.1) is 19.9 Å². The number of carbonyl (C=O) groups is 1. The van der Waals surface area contributed by atoms with Gasteiger partial charge in [-0.05, 0) is 47.5 Å². The molecule has 0 saturated carbocycles. The van der Waals surface area contributed by atoms with Crippen molar-refractivity contribution in [2.24, 2.45) is 0 Å². The van der Waals surface area contributed by atoms with Crippen LogP contribution in [0.3, 0.4) is 0 Å². The van der Waals surface area contributed by atoms with Gasteiger partial charge in [-0.15, -0.1) is 0 Å². The lowest BCUT2D eigenvalue weighted by Crippen LogP contribution is -2.16. The molecule has 0 fully saturated rings. The predicted molar refractivity (Wildman–Crippen MR) is 110 cm³/mol. The molecule has 1 N–H and O–H groups in total. The molecule has 0 unspecified atom stereocenters. The first-order chi connectivity index (χ1) is 13.7. The fraction of sp³-hybridized carbons (Fsp3) is 0.174. The van der Waals surface area contributed by atoms with E-state index in [-0.39, 0.29) is 5.91 Å². The third kappa shape index (κ3) is 3.51. The van der Waals surface area contributed by atoms with E-state index in [1.165, 1.54) is 11.1 Å². The van der Waals surface area contributed by atoms with Crippen LogP contribution in [0.2, 0.25) is 0 Å². The number of nitrogens with one attached hydrogen (secondary N) is 1. The van der Waals surface area contributed by atoms with Crippen LogP contribution < -0.4 is 19.7 Å². The van der Waals surface area contributed by atoms with Crippen molar-refractivity contribution in [1.82, 2.24) is 0 Å². The zero-order chi connectivity index (χ0) is 19.5. The van der Waals surface area contributed by atoms with Crippen LogP contribution in [0.5, 0.6) is 11.5 Å². The summed E-state index contributed by atoms with van der Waals surface area (Å²) in [4.78, 5) is 14.9. The van der Waals surface area contributed by atoms with Gasteiger partial charge in [-0.1, -0.05) is 24.3 Å². The van der Waals surface area contributed by atoms with Crippen LogP contribution in [0.15, 0.2) is 66.7 Å². The Balaban J connectivity index is 1.47. The largest absolute Gasteiger partial charge is 0.497 e. The standard InChI is InChI=1S/C23H22N2O3/c1-27-20-11-12-21(22(13-20)28-2)24-23(26)16-7-9-19(10-8-16)25-14-17-5-3-4-6-18(17)15-25/h3-13H,14-15H2,1-2H3,(H,24,26). The molecule has 5 nitrogen and oxygen atoms in total. The Morgan fingerprint density at radius 2 is 1.57 bits per heavy atom. The van der Waals surface area contributed by atoms with Gasteiger partial charge < -0.3 is 19.7 Å². The maximum absolute atomic E-state index is 12.6. The minimum absolute atomic E-state index is 0.181. The molecular weight excluding hydrogens is 352 g/mol. The molecule has 1 aliphatic heterocycles. The van der Waals surface area contributed by atoms with E-state index in [1.807, 2.05) is 24.3 Å². The van der Waals surface area contributed by atoms with E-state index in [1.54, 1.807) is 32.4 Å². The highest BCUT2D eigenvalue weighted by Crippen LogP contribution is 2.30. The van der Waals surface area contributed by atoms with E-state index in [0.29, 0.717) is 22.7 Å². The number of nitrogens with zero attached hydrogens (tertiary/aromatic N) is 1. The summed E-state index contributed by atoms with van der Waals surface area (Å²) in [6.45, 7) is 1.79. The Morgan fingerprint density at radius 3 is 2.18 bits per heavy atom. The van der Waals surface area contributed by atoms with E-state index in [9.17, 15) is 4.79 Å². The second kappa shape index (κ2) is 7.64. The minimum atomic E-state index is -0.181. The van der Waals surface area contributed by atoms with Crippen LogP contribution in [-0.4, -0.2) is 20.1 Å². The summed E-state index contributed by atoms with van der Waals surface area (Å²) in [5, 5.41) is 2.90. The van der Waals surface area contributed by atoms with E-state index in [4.69, 9.17) is 9.47 Å². The van der Waals surface area contributed by atoms with E-state index in [2.05, 4.69) is 34.5 Å². The zero-order valence-electron chi connectivity index (χ0n) is 15.9. The summed E-state index contributed by atoms with van der Waals surface area (Å²) in [5.41, 5.74) is 5.02. The molecule has 4 rings (SSSR count). The molecule has 0 bridgehead atoms. The van der Waals surface area contributed by atoms with Crippen molar-refractivity contribution < 1.29 is 14.3 Å². The summed E-state index contributed by atoms with van der Waals surface area (Å²) in [7, 11) is 3.15. The molecular formula is C23H22N2O3. The van der Waals surface area contributed by atoms with Crippen LogP contribution in [0, 0.1) is 0 Å². The first-order valence-electron chi connectivity index (χ1n) is 9.13. The Kier molecular flexibility index (Phi) is 4.89. The lowest BCUT2D eigenvalue weighted by molar-refractivity contribution is 0.102. The Hall–Kier alpha value is -3.47. The van der Waals surface area contributed by atoms with Crippen LogP contribution in [-0.2, 0) is 13.1 Å². The summed E-state index contributed by atoms with van der Waals surface area (Å²) in [6, 6.07) is 21.5. The van der Waals surface area contributed by atoms with Crippen molar-refractivity contribution in [2.75, 3.05) is 24.4 Å². The number of anilines is 2. The molecule has 1 aliphatic rings. The molecule has 0 atom stereocenters. The molecule has 1 amide bonds. The molecule has 0 radical (unpaired) electrons. The van der Waals surface area contributed by atoms with Gasteiger partial charge in [0, 0.05) is 30.4 Å². The summed E-state index contributed by atoms with van der Waals surface area (Å²) < 4.78 is 10.5.